The van der Waals surface area contributed by atoms with Crippen molar-refractivity contribution in [3.05, 3.63) is 11.6 Å². The van der Waals surface area contributed by atoms with Gasteiger partial charge in [-0.05, 0) is 33.2 Å². The molecule has 17 heavy (non-hydrogen) atoms. The number of hydrogen-bond acceptors (Lipinski definition) is 4. The van der Waals surface area contributed by atoms with Gasteiger partial charge in [0.2, 0.25) is 0 Å². The van der Waals surface area contributed by atoms with Crippen LogP contribution in [0.25, 0.3) is 0 Å². The molecule has 5 heteroatoms. The van der Waals surface area contributed by atoms with Crippen LogP contribution >= 0.6 is 0 Å². The Morgan fingerprint density at radius 1 is 1.47 bits per heavy atom. The third-order valence-electron chi connectivity index (χ3n) is 3.20. The van der Waals surface area contributed by atoms with E-state index in [1.165, 1.54) is 0 Å². The van der Waals surface area contributed by atoms with Gasteiger partial charge in [-0.15, -0.1) is 0 Å². The Morgan fingerprint density at radius 2 is 2.29 bits per heavy atom. The minimum atomic E-state index is 0.275. The first-order chi connectivity index (χ1) is 8.22. The van der Waals surface area contributed by atoms with Gasteiger partial charge in [-0.1, -0.05) is 6.92 Å². The molecule has 0 bridgehead atoms. The first-order valence-electron chi connectivity index (χ1n) is 6.43. The maximum absolute atomic E-state index is 5.58. The van der Waals surface area contributed by atoms with Gasteiger partial charge in [-0.2, -0.15) is 5.10 Å². The van der Waals surface area contributed by atoms with Gasteiger partial charge in [0.25, 0.3) is 0 Å². The lowest BCUT2D eigenvalue weighted by Crippen LogP contribution is -2.44. The highest BCUT2D eigenvalue weighted by Gasteiger charge is 2.28. The predicted octanol–water partition coefficient (Wildman–Crippen LogP) is 1.22. The number of rotatable bonds is 4. The molecule has 0 spiro atoms. The summed E-state index contributed by atoms with van der Waals surface area (Å²) in [4.78, 5) is 4.37. The second-order valence-corrected chi connectivity index (χ2v) is 4.64. The van der Waals surface area contributed by atoms with Gasteiger partial charge in [0.1, 0.15) is 11.6 Å². The molecule has 2 rings (SSSR count). The van der Waals surface area contributed by atoms with Crippen molar-refractivity contribution in [1.29, 1.82) is 0 Å². The van der Waals surface area contributed by atoms with Gasteiger partial charge in [-0.3, -0.25) is 0 Å². The van der Waals surface area contributed by atoms with Crippen LogP contribution in [0.5, 0.6) is 0 Å². The highest BCUT2D eigenvalue weighted by molar-refractivity contribution is 4.94. The monoisotopic (exact) mass is 238 g/mol. The summed E-state index contributed by atoms with van der Waals surface area (Å²) in [6.45, 7) is 8.74. The van der Waals surface area contributed by atoms with Crippen molar-refractivity contribution in [2.24, 2.45) is 0 Å². The molecule has 2 atom stereocenters. The van der Waals surface area contributed by atoms with E-state index in [9.17, 15) is 0 Å². The molecule has 0 aromatic carbocycles. The molecule has 1 fully saturated rings. The third-order valence-corrected chi connectivity index (χ3v) is 3.20. The van der Waals surface area contributed by atoms with Gasteiger partial charge in [0, 0.05) is 12.6 Å². The highest BCUT2D eigenvalue weighted by Crippen LogP contribution is 2.20. The van der Waals surface area contributed by atoms with Crippen LogP contribution in [0.4, 0.5) is 0 Å². The van der Waals surface area contributed by atoms with Crippen molar-refractivity contribution in [2.45, 2.75) is 45.7 Å². The predicted molar refractivity (Wildman–Crippen MR) is 66.1 cm³/mol. The van der Waals surface area contributed by atoms with Crippen molar-refractivity contribution in [1.82, 2.24) is 20.1 Å². The maximum atomic E-state index is 5.58. The molecule has 0 radical (unpaired) electrons. The Labute approximate surface area is 103 Å². The normalized spacial score (nSPS) is 25.1. The van der Waals surface area contributed by atoms with Crippen LogP contribution in [0.15, 0.2) is 0 Å². The van der Waals surface area contributed by atoms with Crippen molar-refractivity contribution >= 4 is 0 Å². The summed E-state index contributed by atoms with van der Waals surface area (Å²) in [5.41, 5.74) is 0. The van der Waals surface area contributed by atoms with Crippen molar-refractivity contribution in [3.8, 4) is 0 Å². The fraction of sp³-hybridized carbons (Fsp3) is 0.833. The second kappa shape index (κ2) is 5.60. The van der Waals surface area contributed by atoms with Crippen LogP contribution in [-0.4, -0.2) is 40.6 Å². The largest absolute Gasteiger partial charge is 0.379 e. The molecule has 5 nitrogen and oxygen atoms in total. The Bertz CT molecular complexity index is 363. The van der Waals surface area contributed by atoms with Gasteiger partial charge >= 0.3 is 0 Å². The lowest BCUT2D eigenvalue weighted by atomic mass is 10.0. The average Bonchev–Trinajstić information content (AvgIpc) is 2.66. The zero-order chi connectivity index (χ0) is 12.3. The zero-order valence-corrected chi connectivity index (χ0v) is 10.9. The SMILES string of the molecule is CCCNC1CCOCC1n1nc(C)nc1C. The summed E-state index contributed by atoms with van der Waals surface area (Å²) in [6, 6.07) is 0.722. The van der Waals surface area contributed by atoms with E-state index in [1.807, 2.05) is 18.5 Å². The van der Waals surface area contributed by atoms with Crippen LogP contribution in [0.1, 0.15) is 37.5 Å². The van der Waals surface area contributed by atoms with Gasteiger partial charge in [-0.25, -0.2) is 9.67 Å². The van der Waals surface area contributed by atoms with Crippen LogP contribution in [-0.2, 0) is 4.74 Å². The van der Waals surface area contributed by atoms with E-state index in [0.717, 1.165) is 44.2 Å². The summed E-state index contributed by atoms with van der Waals surface area (Å²) in [5.74, 6) is 1.81. The number of hydrogen-bond donors (Lipinski definition) is 1. The molecule has 2 heterocycles. The molecule has 0 aliphatic carbocycles. The molecule has 1 aromatic rings. The smallest absolute Gasteiger partial charge is 0.147 e. The van der Waals surface area contributed by atoms with Crippen LogP contribution in [0, 0.1) is 13.8 Å². The maximum Gasteiger partial charge on any atom is 0.147 e. The minimum Gasteiger partial charge on any atom is -0.379 e. The summed E-state index contributed by atoms with van der Waals surface area (Å²) >= 11 is 0. The number of ether oxygens (including phenoxy) is 1. The molecule has 0 saturated carbocycles. The molecular formula is C12H22N4O. The van der Waals surface area contributed by atoms with E-state index in [-0.39, 0.29) is 6.04 Å². The Balaban J connectivity index is 2.12. The number of aryl methyl sites for hydroxylation is 2. The lowest BCUT2D eigenvalue weighted by Gasteiger charge is -2.32. The Kier molecular flexibility index (Phi) is 4.12. The van der Waals surface area contributed by atoms with Gasteiger partial charge in [0.05, 0.1) is 12.6 Å². The van der Waals surface area contributed by atoms with Crippen LogP contribution < -0.4 is 5.32 Å². The molecule has 1 saturated heterocycles. The number of nitrogens with one attached hydrogen (secondary N) is 1. The van der Waals surface area contributed by atoms with Gasteiger partial charge < -0.3 is 10.1 Å². The van der Waals surface area contributed by atoms with Crippen molar-refractivity contribution in [2.75, 3.05) is 19.8 Å². The highest BCUT2D eigenvalue weighted by atomic mass is 16.5. The lowest BCUT2D eigenvalue weighted by molar-refractivity contribution is 0.0317. The molecule has 1 aliphatic heterocycles. The minimum absolute atomic E-state index is 0.275. The molecule has 2 unspecified atom stereocenters. The van der Waals surface area contributed by atoms with E-state index in [2.05, 4.69) is 22.3 Å². The molecule has 1 N–H and O–H groups in total. The zero-order valence-electron chi connectivity index (χ0n) is 10.9. The van der Waals surface area contributed by atoms with Crippen molar-refractivity contribution in [3.63, 3.8) is 0 Å². The standard InChI is InChI=1S/C12H22N4O/c1-4-6-13-11-5-7-17-8-12(11)16-10(3)14-9(2)15-16/h11-13H,4-8H2,1-3H3. The van der Waals surface area contributed by atoms with E-state index < -0.39 is 0 Å². The molecular weight excluding hydrogens is 216 g/mol. The molecule has 1 aromatic heterocycles. The van der Waals surface area contributed by atoms with E-state index >= 15 is 0 Å². The van der Waals surface area contributed by atoms with Gasteiger partial charge in [0.15, 0.2) is 0 Å². The first-order valence-corrected chi connectivity index (χ1v) is 6.43. The summed E-state index contributed by atoms with van der Waals surface area (Å²) in [5, 5.41) is 8.07. The third kappa shape index (κ3) is 2.84. The second-order valence-electron chi connectivity index (χ2n) is 4.64. The molecule has 0 amide bonds. The van der Waals surface area contributed by atoms with E-state index in [1.54, 1.807) is 0 Å². The summed E-state index contributed by atoms with van der Waals surface area (Å²) in [6.07, 6.45) is 2.20. The first kappa shape index (κ1) is 12.5. The quantitative estimate of drug-likeness (QED) is 0.857. The Morgan fingerprint density at radius 3 is 2.94 bits per heavy atom. The summed E-state index contributed by atoms with van der Waals surface area (Å²) < 4.78 is 7.60. The average molecular weight is 238 g/mol. The topological polar surface area (TPSA) is 52.0 Å². The molecule has 96 valence electrons. The van der Waals surface area contributed by atoms with Crippen LogP contribution in [0.3, 0.4) is 0 Å². The van der Waals surface area contributed by atoms with E-state index in [0.29, 0.717) is 6.04 Å². The number of aromatic nitrogens is 3. The fourth-order valence-corrected chi connectivity index (χ4v) is 2.38. The van der Waals surface area contributed by atoms with Crippen LogP contribution in [0.2, 0.25) is 0 Å². The van der Waals surface area contributed by atoms with E-state index in [4.69, 9.17) is 4.74 Å². The summed E-state index contributed by atoms with van der Waals surface area (Å²) in [7, 11) is 0. The molecule has 1 aliphatic rings. The number of nitrogens with zero attached hydrogens (tertiary/aromatic N) is 3. The Hall–Kier alpha value is -0.940. The van der Waals surface area contributed by atoms with Crippen molar-refractivity contribution < 1.29 is 4.74 Å². The fourth-order valence-electron chi connectivity index (χ4n) is 2.38.